The Morgan fingerprint density at radius 1 is 1.43 bits per heavy atom. The maximum absolute atomic E-state index is 11.4. The van der Waals surface area contributed by atoms with Gasteiger partial charge in [-0.2, -0.15) is 0 Å². The van der Waals surface area contributed by atoms with Crippen molar-refractivity contribution in [3.05, 3.63) is 24.0 Å². The van der Waals surface area contributed by atoms with Gasteiger partial charge in [-0.25, -0.2) is 0 Å². The van der Waals surface area contributed by atoms with Gasteiger partial charge in [0.25, 0.3) is 0 Å². The smallest absolute Gasteiger partial charge is 0.306 e. The van der Waals surface area contributed by atoms with Crippen LogP contribution in [0, 0.1) is 0 Å². The zero-order valence-corrected chi connectivity index (χ0v) is 8.08. The Hall–Kier alpha value is -1.58. The van der Waals surface area contributed by atoms with E-state index in [2.05, 4.69) is 4.98 Å². The molecule has 0 aliphatic rings. The number of esters is 1. The number of carbonyl (C=O) groups excluding carboxylic acids is 2. The van der Waals surface area contributed by atoms with E-state index >= 15 is 0 Å². The average molecular weight is 195 g/mol. The molecular formula is C10H13NO3. The van der Waals surface area contributed by atoms with Crippen LogP contribution in [0.2, 0.25) is 0 Å². The molecule has 0 aliphatic heterocycles. The van der Waals surface area contributed by atoms with Crippen LogP contribution in [0.15, 0.2) is 18.3 Å². The first-order valence-electron chi connectivity index (χ1n) is 4.56. The van der Waals surface area contributed by atoms with Crippen LogP contribution in [0.4, 0.5) is 0 Å². The van der Waals surface area contributed by atoms with Gasteiger partial charge in [-0.15, -0.1) is 0 Å². The lowest BCUT2D eigenvalue weighted by Crippen LogP contribution is -2.08. The summed E-state index contributed by atoms with van der Waals surface area (Å²) < 4.78 is 4.71. The lowest BCUT2D eigenvalue weighted by molar-refractivity contribution is -0.143. The van der Waals surface area contributed by atoms with Gasteiger partial charge in [0, 0.05) is 12.6 Å². The first-order valence-corrected chi connectivity index (χ1v) is 4.56. The van der Waals surface area contributed by atoms with E-state index in [0.29, 0.717) is 12.3 Å². The van der Waals surface area contributed by atoms with Crippen molar-refractivity contribution >= 4 is 11.8 Å². The highest BCUT2D eigenvalue weighted by Crippen LogP contribution is 2.03. The van der Waals surface area contributed by atoms with Crippen LogP contribution in [0.25, 0.3) is 0 Å². The summed E-state index contributed by atoms with van der Waals surface area (Å²) in [5, 5.41) is 0. The van der Waals surface area contributed by atoms with Gasteiger partial charge in [-0.1, -0.05) is 0 Å². The van der Waals surface area contributed by atoms with Crippen LogP contribution in [-0.4, -0.2) is 23.3 Å². The Bertz CT molecular complexity index is 303. The minimum Gasteiger partial charge on any atom is -0.466 e. The molecule has 1 N–H and O–H groups in total. The number of Topliss-reactive ketones (excluding diaryl/α,β-unsaturated/α-hetero) is 1. The van der Waals surface area contributed by atoms with Gasteiger partial charge in [-0.05, 0) is 19.1 Å². The molecule has 0 aromatic carbocycles. The SMILES string of the molecule is CCOC(=O)CCC(=O)c1ccc[nH]1. The van der Waals surface area contributed by atoms with Crippen LogP contribution in [0.1, 0.15) is 30.3 Å². The second-order valence-corrected chi connectivity index (χ2v) is 2.81. The molecule has 0 unspecified atom stereocenters. The molecule has 0 saturated heterocycles. The average Bonchev–Trinajstić information content (AvgIpc) is 2.67. The second-order valence-electron chi connectivity index (χ2n) is 2.81. The molecule has 0 bridgehead atoms. The van der Waals surface area contributed by atoms with E-state index in [1.54, 1.807) is 25.3 Å². The van der Waals surface area contributed by atoms with E-state index in [9.17, 15) is 9.59 Å². The Balaban J connectivity index is 2.32. The molecule has 4 heteroatoms. The topological polar surface area (TPSA) is 59.2 Å². The molecule has 76 valence electrons. The summed E-state index contributed by atoms with van der Waals surface area (Å²) in [7, 11) is 0. The highest BCUT2D eigenvalue weighted by Gasteiger charge is 2.09. The number of ether oxygens (including phenoxy) is 1. The predicted molar refractivity (Wildman–Crippen MR) is 51.0 cm³/mol. The van der Waals surface area contributed by atoms with Crippen LogP contribution < -0.4 is 0 Å². The number of hydrogen-bond donors (Lipinski definition) is 1. The van der Waals surface area contributed by atoms with Crippen LogP contribution >= 0.6 is 0 Å². The van der Waals surface area contributed by atoms with Crippen LogP contribution in [0.3, 0.4) is 0 Å². The van der Waals surface area contributed by atoms with Crippen molar-refractivity contribution in [2.45, 2.75) is 19.8 Å². The highest BCUT2D eigenvalue weighted by atomic mass is 16.5. The fourth-order valence-electron chi connectivity index (χ4n) is 1.09. The molecule has 0 aliphatic carbocycles. The van der Waals surface area contributed by atoms with E-state index in [1.165, 1.54) is 0 Å². The van der Waals surface area contributed by atoms with Crippen molar-refractivity contribution < 1.29 is 14.3 Å². The monoisotopic (exact) mass is 195 g/mol. The van der Waals surface area contributed by atoms with Crippen molar-refractivity contribution in [1.82, 2.24) is 4.98 Å². The summed E-state index contributed by atoms with van der Waals surface area (Å²) in [5.41, 5.74) is 0.536. The normalized spacial score (nSPS) is 9.79. The molecule has 0 atom stereocenters. The van der Waals surface area contributed by atoms with Crippen molar-refractivity contribution in [2.24, 2.45) is 0 Å². The first-order chi connectivity index (χ1) is 6.74. The summed E-state index contributed by atoms with van der Waals surface area (Å²) in [6.07, 6.45) is 2.02. The molecule has 0 fully saturated rings. The molecule has 4 nitrogen and oxygen atoms in total. The maximum Gasteiger partial charge on any atom is 0.306 e. The zero-order valence-electron chi connectivity index (χ0n) is 8.08. The number of nitrogens with one attached hydrogen (secondary N) is 1. The molecule has 1 aromatic heterocycles. The van der Waals surface area contributed by atoms with Crippen molar-refractivity contribution in [3.8, 4) is 0 Å². The van der Waals surface area contributed by atoms with Gasteiger partial charge < -0.3 is 9.72 Å². The van der Waals surface area contributed by atoms with Crippen LogP contribution in [-0.2, 0) is 9.53 Å². The quantitative estimate of drug-likeness (QED) is 0.572. The Morgan fingerprint density at radius 2 is 2.21 bits per heavy atom. The highest BCUT2D eigenvalue weighted by molar-refractivity contribution is 5.95. The zero-order chi connectivity index (χ0) is 10.4. The van der Waals surface area contributed by atoms with E-state index in [0.717, 1.165) is 0 Å². The van der Waals surface area contributed by atoms with Gasteiger partial charge in [0.15, 0.2) is 5.78 Å². The molecule has 0 amide bonds. The van der Waals surface area contributed by atoms with E-state index in [1.807, 2.05) is 0 Å². The number of hydrogen-bond acceptors (Lipinski definition) is 3. The third-order valence-electron chi connectivity index (χ3n) is 1.76. The minimum absolute atomic E-state index is 0.0666. The van der Waals surface area contributed by atoms with Crippen LogP contribution in [0.5, 0.6) is 0 Å². The fourth-order valence-corrected chi connectivity index (χ4v) is 1.09. The number of ketones is 1. The largest absolute Gasteiger partial charge is 0.466 e. The Kier molecular flexibility index (Phi) is 3.91. The van der Waals surface area contributed by atoms with Gasteiger partial charge >= 0.3 is 5.97 Å². The summed E-state index contributed by atoms with van der Waals surface area (Å²) in [5.74, 6) is -0.393. The standard InChI is InChI=1S/C10H13NO3/c1-2-14-10(13)6-5-9(12)8-4-3-7-11-8/h3-4,7,11H,2,5-6H2,1H3. The van der Waals surface area contributed by atoms with Crippen molar-refractivity contribution in [1.29, 1.82) is 0 Å². The molecule has 0 radical (unpaired) electrons. The molecule has 14 heavy (non-hydrogen) atoms. The third-order valence-corrected chi connectivity index (χ3v) is 1.76. The molecule has 0 spiro atoms. The van der Waals surface area contributed by atoms with Gasteiger partial charge in [-0.3, -0.25) is 9.59 Å². The number of rotatable bonds is 5. The molecule has 0 saturated carbocycles. The maximum atomic E-state index is 11.4. The van der Waals surface area contributed by atoms with Gasteiger partial charge in [0.05, 0.1) is 18.7 Å². The lowest BCUT2D eigenvalue weighted by Gasteiger charge is -1.99. The molecular weight excluding hydrogens is 182 g/mol. The second kappa shape index (κ2) is 5.21. The fraction of sp³-hybridized carbons (Fsp3) is 0.400. The Labute approximate surface area is 82.3 Å². The Morgan fingerprint density at radius 3 is 2.79 bits per heavy atom. The molecule has 1 heterocycles. The van der Waals surface area contributed by atoms with Crippen molar-refractivity contribution in [2.75, 3.05) is 6.61 Å². The molecule has 1 rings (SSSR count). The van der Waals surface area contributed by atoms with E-state index in [4.69, 9.17) is 4.74 Å². The minimum atomic E-state index is -0.326. The summed E-state index contributed by atoms with van der Waals surface area (Å²) in [6.45, 7) is 2.10. The van der Waals surface area contributed by atoms with Gasteiger partial charge in [0.1, 0.15) is 0 Å². The van der Waals surface area contributed by atoms with E-state index < -0.39 is 0 Å². The number of aromatic amines is 1. The van der Waals surface area contributed by atoms with Crippen molar-refractivity contribution in [3.63, 3.8) is 0 Å². The molecule has 1 aromatic rings. The summed E-state index contributed by atoms with van der Waals surface area (Å²) in [4.78, 5) is 25.1. The number of aromatic nitrogens is 1. The van der Waals surface area contributed by atoms with E-state index in [-0.39, 0.29) is 24.6 Å². The third kappa shape index (κ3) is 3.05. The summed E-state index contributed by atoms with van der Waals surface area (Å²) in [6, 6.07) is 3.44. The number of H-pyrrole nitrogens is 1. The predicted octanol–water partition coefficient (Wildman–Crippen LogP) is 1.54. The number of carbonyl (C=O) groups is 2. The van der Waals surface area contributed by atoms with Gasteiger partial charge in [0.2, 0.25) is 0 Å². The first kappa shape index (κ1) is 10.5. The summed E-state index contributed by atoms with van der Waals surface area (Å²) >= 11 is 0. The lowest BCUT2D eigenvalue weighted by atomic mass is 10.2.